The molecule has 1 fully saturated rings. The molecule has 1 aromatic carbocycles. The number of methoxy groups -OCH3 is 1. The van der Waals surface area contributed by atoms with Gasteiger partial charge in [0.2, 0.25) is 0 Å². The van der Waals surface area contributed by atoms with Crippen LogP contribution < -0.4 is 20.7 Å². The molecule has 5 N–H and O–H groups in total. The Hall–Kier alpha value is -4.06. The molecule has 0 unspecified atom stereocenters. The molecule has 0 aliphatic carbocycles. The van der Waals surface area contributed by atoms with E-state index in [1.165, 1.54) is 19.2 Å². The second kappa shape index (κ2) is 8.23. The molecule has 5 heterocycles. The van der Waals surface area contributed by atoms with Crippen LogP contribution in [-0.2, 0) is 5.41 Å². The molecule has 192 valence electrons. The Kier molecular flexibility index (Phi) is 5.19. The molecule has 2 atom stereocenters. The number of aromatic amines is 2. The maximum atomic E-state index is 14.5. The number of halogens is 4. The number of amides is 1. The molecular weight excluding hydrogens is 492 g/mol. The number of fused-ring (bicyclic) bond motifs is 3. The number of hydrogen-bond acceptors (Lipinski definition) is 5. The molecule has 6 rings (SSSR count). The van der Waals surface area contributed by atoms with E-state index in [2.05, 4.69) is 30.9 Å². The lowest BCUT2D eigenvalue weighted by atomic mass is 9.77. The Bertz CT molecular complexity index is 1530. The zero-order chi connectivity index (χ0) is 25.9. The van der Waals surface area contributed by atoms with Gasteiger partial charge >= 0.3 is 6.18 Å². The molecule has 0 saturated carbocycles. The molecule has 2 aliphatic heterocycles. The van der Waals surface area contributed by atoms with Crippen molar-refractivity contribution in [1.29, 1.82) is 0 Å². The van der Waals surface area contributed by atoms with Crippen LogP contribution in [0, 0.1) is 5.82 Å². The van der Waals surface area contributed by atoms with Crippen molar-refractivity contribution in [3.8, 4) is 17.0 Å². The number of anilines is 2. The van der Waals surface area contributed by atoms with Crippen molar-refractivity contribution >= 4 is 28.3 Å². The highest BCUT2D eigenvalue weighted by molar-refractivity contribution is 6.09. The number of nitrogens with one attached hydrogen (secondary N) is 5. The molecule has 8 nitrogen and oxygen atoms in total. The van der Waals surface area contributed by atoms with Crippen LogP contribution in [0.4, 0.5) is 28.9 Å². The van der Waals surface area contributed by atoms with Gasteiger partial charge in [-0.2, -0.15) is 13.2 Å². The summed E-state index contributed by atoms with van der Waals surface area (Å²) < 4.78 is 60.6. The molecule has 0 radical (unpaired) electrons. The van der Waals surface area contributed by atoms with Crippen LogP contribution in [0.5, 0.6) is 5.75 Å². The molecule has 2 aliphatic rings. The lowest BCUT2D eigenvalue weighted by molar-refractivity contribution is -0.152. The third kappa shape index (κ3) is 3.62. The van der Waals surface area contributed by atoms with Gasteiger partial charge in [0.15, 0.2) is 11.6 Å². The van der Waals surface area contributed by atoms with Crippen molar-refractivity contribution in [3.05, 3.63) is 59.8 Å². The number of rotatable bonds is 4. The summed E-state index contributed by atoms with van der Waals surface area (Å²) in [7, 11) is 1.33. The van der Waals surface area contributed by atoms with Gasteiger partial charge in [0.1, 0.15) is 11.7 Å². The molecular formula is C25H22F4N6O2. The fourth-order valence-electron chi connectivity index (χ4n) is 5.42. The Balaban J connectivity index is 1.58. The summed E-state index contributed by atoms with van der Waals surface area (Å²) in [5.41, 5.74) is 1.85. The average Bonchev–Trinajstić information content (AvgIpc) is 3.59. The van der Waals surface area contributed by atoms with Crippen molar-refractivity contribution in [1.82, 2.24) is 25.6 Å². The first-order valence-corrected chi connectivity index (χ1v) is 11.6. The van der Waals surface area contributed by atoms with Gasteiger partial charge in [0, 0.05) is 47.5 Å². The third-order valence-corrected chi connectivity index (χ3v) is 7.18. The first-order chi connectivity index (χ1) is 17.7. The Morgan fingerprint density at radius 2 is 2.03 bits per heavy atom. The number of ether oxygens (including phenoxy) is 1. The van der Waals surface area contributed by atoms with Gasteiger partial charge in [-0.1, -0.05) is 6.07 Å². The number of pyridine rings is 1. The van der Waals surface area contributed by atoms with E-state index >= 15 is 0 Å². The molecule has 12 heteroatoms. The maximum Gasteiger partial charge on any atom is 0.403 e. The summed E-state index contributed by atoms with van der Waals surface area (Å²) >= 11 is 0. The minimum Gasteiger partial charge on any atom is -0.492 e. The second-order valence-electron chi connectivity index (χ2n) is 9.31. The monoisotopic (exact) mass is 514 g/mol. The number of hydrogen-bond donors (Lipinski definition) is 5. The number of benzene rings is 1. The standard InChI is InChI=1S/C25H22F4N6O2/c1-37-20-14(26)3-2-4-15(20)34-19-17-21(35-18(19)12-5-7-30-22-13(12)6-8-31-22)24(11-33-23(17)36)9-16(32-10-24)25(27,28)29/h2-8,16,32,34-35H,9-11H2,1H3,(H,30,31)(H,33,36)/t16-,24+/m0/s1. The van der Waals surface area contributed by atoms with Gasteiger partial charge in [-0.05, 0) is 30.7 Å². The predicted molar refractivity (Wildman–Crippen MR) is 129 cm³/mol. The van der Waals surface area contributed by atoms with Crippen molar-refractivity contribution < 1.29 is 27.1 Å². The largest absolute Gasteiger partial charge is 0.492 e. The lowest BCUT2D eigenvalue weighted by Crippen LogP contribution is -2.48. The van der Waals surface area contributed by atoms with Gasteiger partial charge in [-0.3, -0.25) is 4.79 Å². The number of aromatic nitrogens is 3. The number of H-pyrrole nitrogens is 2. The van der Waals surface area contributed by atoms with E-state index in [4.69, 9.17) is 4.74 Å². The summed E-state index contributed by atoms with van der Waals surface area (Å²) in [4.78, 5) is 23.9. The predicted octanol–water partition coefficient (Wildman–Crippen LogP) is 4.35. The van der Waals surface area contributed by atoms with Crippen LogP contribution >= 0.6 is 0 Å². The number of para-hydroxylation sites is 1. The van der Waals surface area contributed by atoms with Crippen molar-refractivity contribution in [3.63, 3.8) is 0 Å². The summed E-state index contributed by atoms with van der Waals surface area (Å²) in [5.74, 6) is -1.12. The molecule has 0 bridgehead atoms. The van der Waals surface area contributed by atoms with E-state index in [9.17, 15) is 22.4 Å². The Morgan fingerprint density at radius 1 is 1.19 bits per heavy atom. The van der Waals surface area contributed by atoms with Crippen molar-refractivity contribution in [2.24, 2.45) is 0 Å². The number of nitrogens with zero attached hydrogens (tertiary/aromatic N) is 1. The smallest absolute Gasteiger partial charge is 0.403 e. The van der Waals surface area contributed by atoms with Crippen LogP contribution in [0.15, 0.2) is 42.7 Å². The summed E-state index contributed by atoms with van der Waals surface area (Å²) in [6.07, 6.45) is -1.37. The topological polar surface area (TPSA) is 107 Å². The van der Waals surface area contributed by atoms with E-state index in [0.717, 1.165) is 5.39 Å². The maximum absolute atomic E-state index is 14.5. The van der Waals surface area contributed by atoms with Crippen LogP contribution in [0.1, 0.15) is 22.5 Å². The molecule has 37 heavy (non-hydrogen) atoms. The van der Waals surface area contributed by atoms with Crippen LogP contribution in [-0.4, -0.2) is 53.3 Å². The lowest BCUT2D eigenvalue weighted by Gasteiger charge is -2.33. The minimum absolute atomic E-state index is 0.0169. The van der Waals surface area contributed by atoms with Gasteiger partial charge < -0.3 is 30.7 Å². The first-order valence-electron chi connectivity index (χ1n) is 11.6. The highest BCUT2D eigenvalue weighted by Crippen LogP contribution is 2.48. The highest BCUT2D eigenvalue weighted by Gasteiger charge is 2.54. The number of carbonyl (C=O) groups is 1. The van der Waals surface area contributed by atoms with Gasteiger partial charge in [-0.15, -0.1) is 0 Å². The zero-order valence-electron chi connectivity index (χ0n) is 19.5. The van der Waals surface area contributed by atoms with E-state index in [0.29, 0.717) is 28.3 Å². The number of alkyl halides is 3. The van der Waals surface area contributed by atoms with Crippen molar-refractivity contribution in [2.45, 2.75) is 24.1 Å². The summed E-state index contributed by atoms with van der Waals surface area (Å²) in [5, 5.41) is 9.24. The second-order valence-corrected chi connectivity index (χ2v) is 9.31. The Morgan fingerprint density at radius 3 is 2.78 bits per heavy atom. The fraction of sp³-hybridized carbons (Fsp3) is 0.280. The van der Waals surface area contributed by atoms with E-state index in [1.807, 2.05) is 6.07 Å². The first kappa shape index (κ1) is 23.3. The molecule has 3 aromatic heterocycles. The molecule has 4 aromatic rings. The van der Waals surface area contributed by atoms with E-state index in [-0.39, 0.29) is 36.5 Å². The molecule has 1 amide bonds. The van der Waals surface area contributed by atoms with Crippen LogP contribution in [0.3, 0.4) is 0 Å². The van der Waals surface area contributed by atoms with E-state index < -0.39 is 29.4 Å². The van der Waals surface area contributed by atoms with Crippen LogP contribution in [0.25, 0.3) is 22.3 Å². The van der Waals surface area contributed by atoms with Gasteiger partial charge in [-0.25, -0.2) is 9.37 Å². The molecule has 1 spiro atoms. The minimum atomic E-state index is -4.43. The van der Waals surface area contributed by atoms with E-state index in [1.54, 1.807) is 24.5 Å². The van der Waals surface area contributed by atoms with Crippen molar-refractivity contribution in [2.75, 3.05) is 25.5 Å². The van der Waals surface area contributed by atoms with Gasteiger partial charge in [0.05, 0.1) is 29.7 Å². The highest BCUT2D eigenvalue weighted by atomic mass is 19.4. The quantitative estimate of drug-likeness (QED) is 0.260. The number of carbonyl (C=O) groups excluding carboxylic acids is 1. The third-order valence-electron chi connectivity index (χ3n) is 7.18. The summed E-state index contributed by atoms with van der Waals surface area (Å²) in [6, 6.07) is 6.18. The van der Waals surface area contributed by atoms with Crippen LogP contribution in [0.2, 0.25) is 0 Å². The zero-order valence-corrected chi connectivity index (χ0v) is 19.5. The average molecular weight is 514 g/mol. The summed E-state index contributed by atoms with van der Waals surface area (Å²) in [6.45, 7) is 0.0556. The Labute approximate surface area is 207 Å². The normalized spacial score (nSPS) is 21.3. The SMILES string of the molecule is COc1c(F)cccc1Nc1c(-c2ccnc3[nH]ccc23)[nH]c2c1C(=O)NC[C@@]21CN[C@H](C(F)(F)F)C1. The fourth-order valence-corrected chi connectivity index (χ4v) is 5.42. The molecule has 1 saturated heterocycles. The van der Waals surface area contributed by atoms with Gasteiger partial charge in [0.25, 0.3) is 5.91 Å².